The number of aromatic amines is 1. The Morgan fingerprint density at radius 1 is 1.15 bits per heavy atom. The van der Waals surface area contributed by atoms with Gasteiger partial charge in [0.1, 0.15) is 17.7 Å². The number of fused-ring (bicyclic) bond motifs is 2. The molecule has 1 saturated carbocycles. The SMILES string of the molecule is CN(C)c1cccc(O[C@@H]2C[C@@H]3CN(C(=O)CCc4nc5ccccc5[nH]4)C[C@@H]3C[C@H]2O)c1. The Labute approximate surface area is 194 Å². The summed E-state index contributed by atoms with van der Waals surface area (Å²) in [5.41, 5.74) is 3.00. The molecule has 4 atom stereocenters. The van der Waals surface area contributed by atoms with Crippen LogP contribution in [0.15, 0.2) is 48.5 Å². The Morgan fingerprint density at radius 2 is 1.94 bits per heavy atom. The lowest BCUT2D eigenvalue weighted by Gasteiger charge is -2.35. The van der Waals surface area contributed by atoms with Crippen molar-refractivity contribution in [1.29, 1.82) is 0 Å². The second-order valence-corrected chi connectivity index (χ2v) is 9.61. The zero-order chi connectivity index (χ0) is 22.9. The van der Waals surface area contributed by atoms with E-state index in [2.05, 4.69) is 9.97 Å². The van der Waals surface area contributed by atoms with Crippen molar-refractivity contribution in [3.8, 4) is 5.75 Å². The Hall–Kier alpha value is -3.06. The minimum atomic E-state index is -0.514. The number of para-hydroxylation sites is 2. The summed E-state index contributed by atoms with van der Waals surface area (Å²) in [7, 11) is 4.00. The van der Waals surface area contributed by atoms with Gasteiger partial charge in [0.15, 0.2) is 0 Å². The van der Waals surface area contributed by atoms with Gasteiger partial charge >= 0.3 is 0 Å². The number of amides is 1. The summed E-state index contributed by atoms with van der Waals surface area (Å²) in [4.78, 5) is 24.8. The minimum Gasteiger partial charge on any atom is -0.488 e. The number of hydrogen-bond acceptors (Lipinski definition) is 5. The highest BCUT2D eigenvalue weighted by atomic mass is 16.5. The fourth-order valence-electron chi connectivity index (χ4n) is 5.24. The Bertz CT molecular complexity index is 1090. The van der Waals surface area contributed by atoms with Crippen molar-refractivity contribution in [3.05, 3.63) is 54.4 Å². The maximum Gasteiger partial charge on any atom is 0.223 e. The van der Waals surface area contributed by atoms with E-state index in [0.717, 1.165) is 47.8 Å². The summed E-state index contributed by atoms with van der Waals surface area (Å²) in [5, 5.41) is 10.8. The molecule has 0 unspecified atom stereocenters. The summed E-state index contributed by atoms with van der Waals surface area (Å²) >= 11 is 0. The van der Waals surface area contributed by atoms with E-state index in [4.69, 9.17) is 4.74 Å². The van der Waals surface area contributed by atoms with Crippen LogP contribution in [0.5, 0.6) is 5.75 Å². The molecule has 2 N–H and O–H groups in total. The topological polar surface area (TPSA) is 81.7 Å². The van der Waals surface area contributed by atoms with Crippen molar-refractivity contribution >= 4 is 22.6 Å². The molecular formula is C26H32N4O3. The first-order chi connectivity index (χ1) is 16.0. The molecule has 174 valence electrons. The number of anilines is 1. The standard InChI is InChI=1S/C26H32N4O3/c1-29(2)19-6-5-7-20(14-19)33-24-13-18-16-30(15-17(18)12-23(24)31)26(32)11-10-25-27-21-8-3-4-9-22(21)28-25/h3-9,14,17-18,23-24,31H,10-13,15-16H2,1-2H3,(H,27,28)/t17-,18+,23+,24+/m0/s1. The van der Waals surface area contributed by atoms with Gasteiger partial charge in [-0.05, 0) is 48.9 Å². The lowest BCUT2D eigenvalue weighted by molar-refractivity contribution is -0.130. The lowest BCUT2D eigenvalue weighted by atomic mass is 9.78. The molecule has 2 fully saturated rings. The number of likely N-dealkylation sites (tertiary alicyclic amines) is 1. The average Bonchev–Trinajstić information content (AvgIpc) is 3.41. The number of aliphatic hydroxyl groups excluding tert-OH is 1. The number of imidazole rings is 1. The molecule has 0 bridgehead atoms. The van der Waals surface area contributed by atoms with Crippen LogP contribution in [0.3, 0.4) is 0 Å². The molecule has 1 saturated heterocycles. The Kier molecular flexibility index (Phi) is 5.98. The number of ether oxygens (including phenoxy) is 1. The first-order valence-corrected chi connectivity index (χ1v) is 11.8. The van der Waals surface area contributed by atoms with Crippen LogP contribution in [0.25, 0.3) is 11.0 Å². The summed E-state index contributed by atoms with van der Waals surface area (Å²) in [5.74, 6) is 2.50. The highest BCUT2D eigenvalue weighted by molar-refractivity contribution is 5.77. The number of benzene rings is 2. The monoisotopic (exact) mass is 448 g/mol. The molecule has 1 aliphatic heterocycles. The smallest absolute Gasteiger partial charge is 0.223 e. The fraction of sp³-hybridized carbons (Fsp3) is 0.462. The van der Waals surface area contributed by atoms with Crippen molar-refractivity contribution in [2.75, 3.05) is 32.1 Å². The summed E-state index contributed by atoms with van der Waals surface area (Å²) in [6.45, 7) is 1.47. The maximum absolute atomic E-state index is 12.9. The third-order valence-electron chi connectivity index (χ3n) is 7.07. The van der Waals surface area contributed by atoms with Crippen molar-refractivity contribution < 1.29 is 14.6 Å². The lowest BCUT2D eigenvalue weighted by Crippen LogP contribution is -2.42. The van der Waals surface area contributed by atoms with Crippen LogP contribution in [-0.4, -0.2) is 65.3 Å². The van der Waals surface area contributed by atoms with Crippen LogP contribution in [0.4, 0.5) is 5.69 Å². The molecule has 1 aromatic heterocycles. The van der Waals surface area contributed by atoms with Gasteiger partial charge in [0.05, 0.1) is 17.1 Å². The normalized spacial score (nSPS) is 24.6. The molecular weight excluding hydrogens is 416 g/mol. The van der Waals surface area contributed by atoms with Crippen LogP contribution < -0.4 is 9.64 Å². The number of hydrogen-bond donors (Lipinski definition) is 2. The molecule has 0 spiro atoms. The summed E-state index contributed by atoms with van der Waals surface area (Å²) in [6, 6.07) is 15.9. The van der Waals surface area contributed by atoms with Crippen molar-refractivity contribution in [3.63, 3.8) is 0 Å². The van der Waals surface area contributed by atoms with Gasteiger partial charge in [-0.3, -0.25) is 4.79 Å². The van der Waals surface area contributed by atoms with E-state index >= 15 is 0 Å². The number of nitrogens with zero attached hydrogens (tertiary/aromatic N) is 3. The number of H-pyrrole nitrogens is 1. The average molecular weight is 449 g/mol. The Morgan fingerprint density at radius 3 is 2.73 bits per heavy atom. The third-order valence-corrected chi connectivity index (χ3v) is 7.07. The predicted octanol–water partition coefficient (Wildman–Crippen LogP) is 3.24. The molecule has 1 amide bonds. The van der Waals surface area contributed by atoms with Crippen molar-refractivity contribution in [1.82, 2.24) is 14.9 Å². The molecule has 33 heavy (non-hydrogen) atoms. The van der Waals surface area contributed by atoms with Crippen molar-refractivity contribution in [2.24, 2.45) is 11.8 Å². The summed E-state index contributed by atoms with van der Waals surface area (Å²) < 4.78 is 6.20. The van der Waals surface area contributed by atoms with Gasteiger partial charge in [0, 0.05) is 51.8 Å². The molecule has 2 aromatic carbocycles. The van der Waals surface area contributed by atoms with E-state index in [1.165, 1.54) is 0 Å². The molecule has 1 aliphatic carbocycles. The minimum absolute atomic E-state index is 0.162. The van der Waals surface area contributed by atoms with Gasteiger partial charge < -0.3 is 24.6 Å². The number of carbonyl (C=O) groups excluding carboxylic acids is 1. The molecule has 7 nitrogen and oxygen atoms in total. The van der Waals surface area contributed by atoms with Crippen LogP contribution in [-0.2, 0) is 11.2 Å². The number of aromatic nitrogens is 2. The highest BCUT2D eigenvalue weighted by Crippen LogP contribution is 2.38. The number of nitrogens with one attached hydrogen (secondary N) is 1. The quantitative estimate of drug-likeness (QED) is 0.605. The van der Waals surface area contributed by atoms with Gasteiger partial charge in [0.2, 0.25) is 5.91 Å². The molecule has 0 radical (unpaired) electrons. The first-order valence-electron chi connectivity index (χ1n) is 11.8. The van der Waals surface area contributed by atoms with Gasteiger partial charge in [-0.25, -0.2) is 4.98 Å². The zero-order valence-electron chi connectivity index (χ0n) is 19.3. The largest absolute Gasteiger partial charge is 0.488 e. The van der Waals surface area contributed by atoms with Crippen molar-refractivity contribution in [2.45, 2.75) is 37.9 Å². The van der Waals surface area contributed by atoms with Gasteiger partial charge in [-0.1, -0.05) is 18.2 Å². The van der Waals surface area contributed by atoms with Crippen LogP contribution in [0.1, 0.15) is 25.1 Å². The second-order valence-electron chi connectivity index (χ2n) is 9.61. The van der Waals surface area contributed by atoms with E-state index < -0.39 is 6.10 Å². The molecule has 3 aromatic rings. The molecule has 2 heterocycles. The fourth-order valence-corrected chi connectivity index (χ4v) is 5.24. The zero-order valence-corrected chi connectivity index (χ0v) is 19.3. The maximum atomic E-state index is 12.9. The number of aryl methyl sites for hydroxylation is 1. The third kappa shape index (κ3) is 4.69. The van der Waals surface area contributed by atoms with Crippen LogP contribution >= 0.6 is 0 Å². The van der Waals surface area contributed by atoms with E-state index in [9.17, 15) is 9.90 Å². The molecule has 2 aliphatic rings. The molecule has 5 rings (SSSR count). The second kappa shape index (κ2) is 9.06. The van der Waals surface area contributed by atoms with E-state index in [-0.39, 0.29) is 12.0 Å². The highest BCUT2D eigenvalue weighted by Gasteiger charge is 2.43. The first kappa shape index (κ1) is 21.8. The van der Waals surface area contributed by atoms with Gasteiger partial charge in [-0.15, -0.1) is 0 Å². The van der Waals surface area contributed by atoms with Gasteiger partial charge in [0.25, 0.3) is 0 Å². The Balaban J connectivity index is 1.17. The van der Waals surface area contributed by atoms with E-state index in [0.29, 0.717) is 31.1 Å². The van der Waals surface area contributed by atoms with Gasteiger partial charge in [-0.2, -0.15) is 0 Å². The number of carbonyl (C=O) groups is 1. The molecule has 7 heteroatoms. The number of aliphatic hydroxyl groups is 1. The van der Waals surface area contributed by atoms with E-state index in [1.54, 1.807) is 0 Å². The van der Waals surface area contributed by atoms with E-state index in [1.807, 2.05) is 72.4 Å². The van der Waals surface area contributed by atoms with Crippen LogP contribution in [0, 0.1) is 11.8 Å². The van der Waals surface area contributed by atoms with Crippen LogP contribution in [0.2, 0.25) is 0 Å². The summed E-state index contributed by atoms with van der Waals surface area (Å²) in [6.07, 6.45) is 1.74. The number of rotatable bonds is 6. The predicted molar refractivity (Wildman–Crippen MR) is 128 cm³/mol.